The Hall–Kier alpha value is -2.11. The summed E-state index contributed by atoms with van der Waals surface area (Å²) in [7, 11) is 1.56. The molecule has 1 aromatic carbocycles. The van der Waals surface area contributed by atoms with Crippen molar-refractivity contribution in [3.05, 3.63) is 29.8 Å². The Morgan fingerprint density at radius 1 is 1.50 bits per heavy atom. The van der Waals surface area contributed by atoms with Crippen LogP contribution >= 0.6 is 0 Å². The van der Waals surface area contributed by atoms with Crippen LogP contribution in [0.15, 0.2) is 29.3 Å². The van der Waals surface area contributed by atoms with Gasteiger partial charge < -0.3 is 4.74 Å². The molecule has 0 amide bonds. The SMILES string of the molecule is COc1ccccc1CC(C)(C#N)N=C=O. The van der Waals surface area contributed by atoms with Crippen molar-refractivity contribution < 1.29 is 9.53 Å². The van der Waals surface area contributed by atoms with Crippen LogP contribution in [0.25, 0.3) is 0 Å². The molecule has 0 saturated heterocycles. The third kappa shape index (κ3) is 2.69. The van der Waals surface area contributed by atoms with Crippen molar-refractivity contribution in [2.75, 3.05) is 7.11 Å². The standard InChI is InChI=1S/C12H12N2O2/c1-12(8-13,14-9-15)7-10-5-3-4-6-11(10)16-2/h3-6H,7H2,1-2H3. The fraction of sp³-hybridized carbons (Fsp3) is 0.333. The first kappa shape index (κ1) is 12.0. The molecular formula is C12H12N2O2. The second kappa shape index (κ2) is 5.11. The van der Waals surface area contributed by atoms with E-state index in [1.807, 2.05) is 24.3 Å². The van der Waals surface area contributed by atoms with Crippen molar-refractivity contribution in [3.63, 3.8) is 0 Å². The molecule has 4 heteroatoms. The van der Waals surface area contributed by atoms with Crippen LogP contribution in [0.2, 0.25) is 0 Å². The van der Waals surface area contributed by atoms with Gasteiger partial charge in [0.05, 0.1) is 13.2 Å². The number of hydrogen-bond acceptors (Lipinski definition) is 4. The highest BCUT2D eigenvalue weighted by Gasteiger charge is 2.24. The smallest absolute Gasteiger partial charge is 0.236 e. The summed E-state index contributed by atoms with van der Waals surface area (Å²) in [6, 6.07) is 9.33. The molecule has 0 aliphatic rings. The first-order valence-corrected chi connectivity index (χ1v) is 4.77. The van der Waals surface area contributed by atoms with E-state index in [-0.39, 0.29) is 0 Å². The van der Waals surface area contributed by atoms with Crippen LogP contribution < -0.4 is 4.74 Å². The van der Waals surface area contributed by atoms with Gasteiger partial charge in [-0.2, -0.15) is 10.3 Å². The minimum absolute atomic E-state index is 0.322. The molecular weight excluding hydrogens is 204 g/mol. The molecule has 1 aromatic rings. The number of aliphatic imine (C=N–C) groups is 1. The number of methoxy groups -OCH3 is 1. The average molecular weight is 216 g/mol. The largest absolute Gasteiger partial charge is 0.496 e. The minimum atomic E-state index is -1.09. The normalized spacial score (nSPS) is 13.1. The second-order valence-electron chi connectivity index (χ2n) is 3.58. The lowest BCUT2D eigenvalue weighted by molar-refractivity contribution is 0.406. The number of hydrogen-bond donors (Lipinski definition) is 0. The Kier molecular flexibility index (Phi) is 3.82. The van der Waals surface area contributed by atoms with E-state index in [0.29, 0.717) is 12.2 Å². The second-order valence-corrected chi connectivity index (χ2v) is 3.58. The van der Waals surface area contributed by atoms with Crippen molar-refractivity contribution in [2.45, 2.75) is 18.9 Å². The van der Waals surface area contributed by atoms with Crippen molar-refractivity contribution in [1.82, 2.24) is 0 Å². The molecule has 4 nitrogen and oxygen atoms in total. The summed E-state index contributed by atoms with van der Waals surface area (Å²) in [5, 5.41) is 8.98. The van der Waals surface area contributed by atoms with Crippen molar-refractivity contribution in [2.24, 2.45) is 4.99 Å². The maximum atomic E-state index is 10.3. The average Bonchev–Trinajstić information content (AvgIpc) is 2.30. The lowest BCUT2D eigenvalue weighted by atomic mass is 9.94. The van der Waals surface area contributed by atoms with E-state index >= 15 is 0 Å². The van der Waals surface area contributed by atoms with E-state index in [9.17, 15) is 4.79 Å². The van der Waals surface area contributed by atoms with Crippen LogP contribution in [-0.2, 0) is 11.2 Å². The third-order valence-electron chi connectivity index (χ3n) is 2.26. The molecule has 0 radical (unpaired) electrons. The van der Waals surface area contributed by atoms with Gasteiger partial charge in [-0.3, -0.25) is 0 Å². The van der Waals surface area contributed by atoms with Crippen LogP contribution in [0.4, 0.5) is 0 Å². The number of benzene rings is 1. The molecule has 0 aromatic heterocycles. The topological polar surface area (TPSA) is 62.4 Å². The van der Waals surface area contributed by atoms with Gasteiger partial charge >= 0.3 is 0 Å². The Morgan fingerprint density at radius 3 is 2.75 bits per heavy atom. The van der Waals surface area contributed by atoms with E-state index in [1.54, 1.807) is 20.1 Å². The number of isocyanates is 1. The molecule has 82 valence electrons. The minimum Gasteiger partial charge on any atom is -0.496 e. The molecule has 0 saturated carbocycles. The van der Waals surface area contributed by atoms with E-state index in [2.05, 4.69) is 4.99 Å². The van der Waals surface area contributed by atoms with Gasteiger partial charge in [-0.05, 0) is 18.6 Å². The zero-order valence-electron chi connectivity index (χ0n) is 9.23. The molecule has 0 spiro atoms. The van der Waals surface area contributed by atoms with Gasteiger partial charge in [0, 0.05) is 6.42 Å². The molecule has 0 N–H and O–H groups in total. The number of rotatable bonds is 4. The highest BCUT2D eigenvalue weighted by molar-refractivity contribution is 5.40. The Labute approximate surface area is 94.2 Å². The zero-order chi connectivity index (χ0) is 12.0. The first-order valence-electron chi connectivity index (χ1n) is 4.77. The van der Waals surface area contributed by atoms with Crippen LogP contribution in [0.3, 0.4) is 0 Å². The predicted molar refractivity (Wildman–Crippen MR) is 58.8 cm³/mol. The molecule has 1 unspecified atom stereocenters. The maximum absolute atomic E-state index is 10.3. The number of carbonyl (C=O) groups excluding carboxylic acids is 1. The summed E-state index contributed by atoms with van der Waals surface area (Å²) < 4.78 is 5.16. The predicted octanol–water partition coefficient (Wildman–Crippen LogP) is 1.86. The van der Waals surface area contributed by atoms with Gasteiger partial charge in [0.15, 0.2) is 5.54 Å². The van der Waals surface area contributed by atoms with Crippen LogP contribution in [-0.4, -0.2) is 18.7 Å². The summed E-state index contributed by atoms with van der Waals surface area (Å²) >= 11 is 0. The van der Waals surface area contributed by atoms with E-state index in [4.69, 9.17) is 10.00 Å². The van der Waals surface area contributed by atoms with Gasteiger partial charge in [-0.25, -0.2) is 4.79 Å². The summed E-state index contributed by atoms with van der Waals surface area (Å²) in [5.74, 6) is 0.685. The lowest BCUT2D eigenvalue weighted by Crippen LogP contribution is -2.22. The molecule has 1 rings (SSSR count). The molecule has 0 heterocycles. The third-order valence-corrected chi connectivity index (χ3v) is 2.26. The molecule has 1 atom stereocenters. The highest BCUT2D eigenvalue weighted by atomic mass is 16.5. The molecule has 0 aliphatic carbocycles. The summed E-state index contributed by atoms with van der Waals surface area (Å²) in [5.41, 5.74) is -0.246. The van der Waals surface area contributed by atoms with Crippen LogP contribution in [0.5, 0.6) is 5.75 Å². The Balaban J connectivity index is 3.04. The Bertz CT molecular complexity index is 458. The van der Waals surface area contributed by atoms with Gasteiger partial charge in [0.2, 0.25) is 6.08 Å². The van der Waals surface area contributed by atoms with Gasteiger partial charge in [-0.15, -0.1) is 0 Å². The molecule has 0 aliphatic heterocycles. The fourth-order valence-corrected chi connectivity index (χ4v) is 1.42. The van der Waals surface area contributed by atoms with E-state index in [1.165, 1.54) is 6.08 Å². The molecule has 0 fully saturated rings. The monoisotopic (exact) mass is 216 g/mol. The first-order chi connectivity index (χ1) is 7.65. The quantitative estimate of drug-likeness (QED) is 0.570. The van der Waals surface area contributed by atoms with E-state index < -0.39 is 5.54 Å². The Morgan fingerprint density at radius 2 is 2.19 bits per heavy atom. The van der Waals surface area contributed by atoms with Crippen LogP contribution in [0.1, 0.15) is 12.5 Å². The number of para-hydroxylation sites is 1. The van der Waals surface area contributed by atoms with Gasteiger partial charge in [-0.1, -0.05) is 18.2 Å². The molecule has 0 bridgehead atoms. The number of nitrogens with zero attached hydrogens (tertiary/aromatic N) is 2. The van der Waals surface area contributed by atoms with Gasteiger partial charge in [0.1, 0.15) is 5.75 Å². The summed E-state index contributed by atoms with van der Waals surface area (Å²) in [4.78, 5) is 13.8. The lowest BCUT2D eigenvalue weighted by Gasteiger charge is -2.16. The van der Waals surface area contributed by atoms with Gasteiger partial charge in [0.25, 0.3) is 0 Å². The molecule has 16 heavy (non-hydrogen) atoms. The van der Waals surface area contributed by atoms with Crippen molar-refractivity contribution in [1.29, 1.82) is 5.26 Å². The summed E-state index contributed by atoms with van der Waals surface area (Å²) in [6.07, 6.45) is 1.75. The van der Waals surface area contributed by atoms with E-state index in [0.717, 1.165) is 5.56 Å². The summed E-state index contributed by atoms with van der Waals surface area (Å²) in [6.45, 7) is 1.59. The van der Waals surface area contributed by atoms with Crippen molar-refractivity contribution >= 4 is 6.08 Å². The highest BCUT2D eigenvalue weighted by Crippen LogP contribution is 2.24. The maximum Gasteiger partial charge on any atom is 0.236 e. The zero-order valence-corrected chi connectivity index (χ0v) is 9.23. The fourth-order valence-electron chi connectivity index (χ4n) is 1.42. The van der Waals surface area contributed by atoms with Crippen LogP contribution in [0, 0.1) is 11.3 Å². The van der Waals surface area contributed by atoms with Crippen molar-refractivity contribution in [3.8, 4) is 11.8 Å². The number of nitriles is 1. The number of ether oxygens (including phenoxy) is 1.